The highest BCUT2D eigenvalue weighted by molar-refractivity contribution is 8.01. The van der Waals surface area contributed by atoms with Gasteiger partial charge in [-0.25, -0.2) is 4.79 Å². The standard InChI is InChI=1S/C31H50N6O6S/c1-9-17-31(7,30(4,5)6)23(10-2)36-24(38)19-37-18-13-15-22(29(37)42)35-27(40)21(14-11-12-16-25(39)43-8)34-28(41)26(44-33)20(3)32/h12-13,15-16,18,21,23H,9-11,14,17,19,32-33H2,1-8H3,(H,34,41)(H,35,40)(H,36,38)/b16-12+,26-20-/t21-,23?,31?/m0/s1. The molecule has 7 N–H and O–H groups in total. The predicted octanol–water partition coefficient (Wildman–Crippen LogP) is 3.33. The molecular formula is C31H50N6O6S. The summed E-state index contributed by atoms with van der Waals surface area (Å²) in [5.74, 6) is -2.21. The number of aromatic nitrogens is 1. The van der Waals surface area contributed by atoms with Crippen LogP contribution in [-0.2, 0) is 30.5 Å². The molecule has 0 aliphatic rings. The minimum atomic E-state index is -1.11. The Morgan fingerprint density at radius 1 is 1.14 bits per heavy atom. The number of methoxy groups -OCH3 is 1. The van der Waals surface area contributed by atoms with Crippen molar-refractivity contribution in [3.63, 3.8) is 0 Å². The van der Waals surface area contributed by atoms with E-state index < -0.39 is 29.4 Å². The molecular weight excluding hydrogens is 584 g/mol. The van der Waals surface area contributed by atoms with E-state index in [2.05, 4.69) is 55.3 Å². The van der Waals surface area contributed by atoms with Crippen molar-refractivity contribution in [2.24, 2.45) is 21.7 Å². The summed E-state index contributed by atoms with van der Waals surface area (Å²) in [5, 5.41) is 13.9. The largest absolute Gasteiger partial charge is 0.466 e. The molecule has 44 heavy (non-hydrogen) atoms. The number of anilines is 1. The number of ether oxygens (including phenoxy) is 1. The Kier molecular flexibility index (Phi) is 15.4. The van der Waals surface area contributed by atoms with Crippen molar-refractivity contribution >= 4 is 41.3 Å². The first-order chi connectivity index (χ1) is 20.6. The Morgan fingerprint density at radius 2 is 1.80 bits per heavy atom. The number of carbonyl (C=O) groups excluding carboxylic acids is 4. The molecule has 246 valence electrons. The minimum absolute atomic E-state index is 0.0351. The van der Waals surface area contributed by atoms with Gasteiger partial charge in [0.2, 0.25) is 11.8 Å². The highest BCUT2D eigenvalue weighted by Crippen LogP contribution is 2.46. The fraction of sp³-hybridized carbons (Fsp3) is 0.581. The number of pyridine rings is 1. The first kappa shape index (κ1) is 38.4. The third-order valence-corrected chi connectivity index (χ3v) is 8.71. The topological polar surface area (TPSA) is 188 Å². The number of hydrogen-bond acceptors (Lipinski definition) is 9. The highest BCUT2D eigenvalue weighted by atomic mass is 32.2. The summed E-state index contributed by atoms with van der Waals surface area (Å²) < 4.78 is 5.79. The molecule has 0 bridgehead atoms. The van der Waals surface area contributed by atoms with Crippen molar-refractivity contribution in [3.8, 4) is 0 Å². The lowest BCUT2D eigenvalue weighted by atomic mass is 9.60. The van der Waals surface area contributed by atoms with Gasteiger partial charge in [0.05, 0.1) is 7.11 Å². The number of esters is 1. The molecule has 0 saturated carbocycles. The number of amides is 3. The SMILES string of the molecule is CCCC(C)(C(CC)NC(=O)Cn1cccc(NC(=O)[C@H](CC/C=C/C(=O)OC)NC(=O)/C(SN)=C(\C)N)c1=O)C(C)(C)C. The van der Waals surface area contributed by atoms with Crippen LogP contribution in [-0.4, -0.2) is 47.5 Å². The maximum absolute atomic E-state index is 13.3. The summed E-state index contributed by atoms with van der Waals surface area (Å²) in [4.78, 5) is 63.9. The van der Waals surface area contributed by atoms with Crippen molar-refractivity contribution < 1.29 is 23.9 Å². The van der Waals surface area contributed by atoms with Gasteiger partial charge in [-0.1, -0.05) is 54.0 Å². The summed E-state index contributed by atoms with van der Waals surface area (Å²) >= 11 is 0.644. The molecule has 0 aliphatic carbocycles. The van der Waals surface area contributed by atoms with Crippen LogP contribution in [0.25, 0.3) is 0 Å². The van der Waals surface area contributed by atoms with E-state index in [0.717, 1.165) is 19.3 Å². The summed E-state index contributed by atoms with van der Waals surface area (Å²) in [7, 11) is 1.24. The fourth-order valence-corrected chi connectivity index (χ4v) is 5.35. The van der Waals surface area contributed by atoms with Gasteiger partial charge in [-0.15, -0.1) is 0 Å². The van der Waals surface area contributed by atoms with Crippen LogP contribution in [0.5, 0.6) is 0 Å². The second-order valence-corrected chi connectivity index (χ2v) is 12.6. The van der Waals surface area contributed by atoms with Gasteiger partial charge in [0.15, 0.2) is 0 Å². The normalized spacial score (nSPS) is 15.0. The first-order valence-electron chi connectivity index (χ1n) is 14.7. The highest BCUT2D eigenvalue weighted by Gasteiger charge is 2.43. The summed E-state index contributed by atoms with van der Waals surface area (Å²) in [5.41, 5.74) is 5.04. The van der Waals surface area contributed by atoms with Crippen LogP contribution in [0.2, 0.25) is 0 Å². The third-order valence-electron chi connectivity index (χ3n) is 7.97. The fourth-order valence-electron chi connectivity index (χ4n) is 5.00. The molecule has 1 aromatic heterocycles. The van der Waals surface area contributed by atoms with Crippen molar-refractivity contribution in [1.29, 1.82) is 0 Å². The molecule has 0 fully saturated rings. The predicted molar refractivity (Wildman–Crippen MR) is 175 cm³/mol. The number of hydrogen-bond donors (Lipinski definition) is 5. The van der Waals surface area contributed by atoms with Crippen LogP contribution in [0, 0.1) is 10.8 Å². The maximum atomic E-state index is 13.3. The van der Waals surface area contributed by atoms with Gasteiger partial charge in [-0.05, 0) is 67.5 Å². The molecule has 0 spiro atoms. The van der Waals surface area contributed by atoms with E-state index >= 15 is 0 Å². The van der Waals surface area contributed by atoms with E-state index in [4.69, 9.17) is 10.9 Å². The first-order valence-corrected chi connectivity index (χ1v) is 15.6. The Hall–Kier alpha value is -3.58. The van der Waals surface area contributed by atoms with E-state index in [1.807, 2.05) is 6.92 Å². The molecule has 1 heterocycles. The molecule has 2 unspecified atom stereocenters. The Morgan fingerprint density at radius 3 is 2.32 bits per heavy atom. The van der Waals surface area contributed by atoms with E-state index in [1.54, 1.807) is 6.07 Å². The Labute approximate surface area is 264 Å². The zero-order chi connectivity index (χ0) is 33.7. The van der Waals surface area contributed by atoms with Crippen LogP contribution < -0.4 is 32.4 Å². The van der Waals surface area contributed by atoms with E-state index in [0.29, 0.717) is 11.9 Å². The van der Waals surface area contributed by atoms with Crippen LogP contribution in [0.1, 0.15) is 80.6 Å². The van der Waals surface area contributed by atoms with Crippen molar-refractivity contribution in [3.05, 3.63) is 51.4 Å². The number of carbonyl (C=O) groups is 4. The number of nitrogens with zero attached hydrogens (tertiary/aromatic N) is 1. The molecule has 13 heteroatoms. The quantitative estimate of drug-likeness (QED) is 0.103. The number of allylic oxidation sites excluding steroid dienone is 2. The number of nitrogens with two attached hydrogens (primary N) is 2. The van der Waals surface area contributed by atoms with E-state index in [1.165, 1.54) is 43.0 Å². The monoisotopic (exact) mass is 634 g/mol. The van der Waals surface area contributed by atoms with Crippen molar-refractivity contribution in [1.82, 2.24) is 15.2 Å². The Bertz CT molecular complexity index is 1280. The molecule has 0 radical (unpaired) electrons. The second-order valence-electron chi connectivity index (χ2n) is 11.9. The van der Waals surface area contributed by atoms with Gasteiger partial charge in [0.1, 0.15) is 23.2 Å². The smallest absolute Gasteiger partial charge is 0.330 e. The van der Waals surface area contributed by atoms with Gasteiger partial charge in [-0.3, -0.25) is 24.3 Å². The summed E-state index contributed by atoms with van der Waals surface area (Å²) in [6.45, 7) is 14.1. The average molecular weight is 635 g/mol. The molecule has 3 amide bonds. The average Bonchev–Trinajstić information content (AvgIpc) is 2.94. The van der Waals surface area contributed by atoms with Crippen LogP contribution >= 0.6 is 11.9 Å². The Balaban J connectivity index is 3.19. The zero-order valence-corrected chi connectivity index (χ0v) is 28.1. The zero-order valence-electron chi connectivity index (χ0n) is 27.2. The summed E-state index contributed by atoms with van der Waals surface area (Å²) in [6.07, 6.45) is 7.13. The van der Waals surface area contributed by atoms with Crippen LogP contribution in [0.4, 0.5) is 5.69 Å². The molecule has 1 rings (SSSR count). The lowest BCUT2D eigenvalue weighted by Gasteiger charge is -2.48. The number of nitrogens with one attached hydrogen (secondary N) is 3. The molecule has 3 atom stereocenters. The van der Waals surface area contributed by atoms with Gasteiger partial charge < -0.3 is 31.0 Å². The van der Waals surface area contributed by atoms with E-state index in [9.17, 15) is 24.0 Å². The van der Waals surface area contributed by atoms with Gasteiger partial charge in [-0.2, -0.15) is 0 Å². The molecule has 0 saturated heterocycles. The van der Waals surface area contributed by atoms with Crippen LogP contribution in [0.3, 0.4) is 0 Å². The second kappa shape index (κ2) is 17.6. The number of rotatable bonds is 16. The lowest BCUT2D eigenvalue weighted by molar-refractivity contribution is -0.135. The summed E-state index contributed by atoms with van der Waals surface area (Å²) in [6, 6.07) is 1.76. The lowest BCUT2D eigenvalue weighted by Crippen LogP contribution is -2.53. The molecule has 1 aromatic rings. The molecule has 0 aromatic carbocycles. The van der Waals surface area contributed by atoms with Gasteiger partial charge in [0, 0.05) is 24.0 Å². The van der Waals surface area contributed by atoms with Crippen LogP contribution in [0.15, 0.2) is 45.9 Å². The third kappa shape index (κ3) is 10.8. The minimum Gasteiger partial charge on any atom is -0.466 e. The molecule has 0 aliphatic heterocycles. The molecule has 12 nitrogen and oxygen atoms in total. The van der Waals surface area contributed by atoms with Crippen molar-refractivity contribution in [2.45, 2.75) is 99.2 Å². The van der Waals surface area contributed by atoms with Crippen molar-refractivity contribution in [2.75, 3.05) is 12.4 Å². The van der Waals surface area contributed by atoms with E-state index in [-0.39, 0.29) is 58.5 Å². The maximum Gasteiger partial charge on any atom is 0.330 e. The van der Waals surface area contributed by atoms with Gasteiger partial charge >= 0.3 is 5.97 Å². The van der Waals surface area contributed by atoms with Gasteiger partial charge in [0.25, 0.3) is 11.5 Å².